The van der Waals surface area contributed by atoms with Crippen LogP contribution < -0.4 is 0 Å². The minimum Gasteiger partial charge on any atom is -0.390 e. The third-order valence-electron chi connectivity index (χ3n) is 2.26. The third kappa shape index (κ3) is 3.84. The summed E-state index contributed by atoms with van der Waals surface area (Å²) in [5, 5.41) is 3.42. The van der Waals surface area contributed by atoms with E-state index in [-0.39, 0.29) is 17.7 Å². The molecule has 2 nitrogen and oxygen atoms in total. The van der Waals surface area contributed by atoms with E-state index in [4.69, 9.17) is 4.84 Å². The minimum absolute atomic E-state index is 0.129. The Balaban J connectivity index is 1.95. The Labute approximate surface area is 108 Å². The van der Waals surface area contributed by atoms with Crippen molar-refractivity contribution in [3.63, 3.8) is 0 Å². The van der Waals surface area contributed by atoms with E-state index in [2.05, 4.69) is 11.4 Å². The number of halogens is 3. The van der Waals surface area contributed by atoms with E-state index in [1.165, 1.54) is 18.2 Å². The monoisotopic (exact) mass is 264 g/mol. The van der Waals surface area contributed by atoms with E-state index in [1.807, 2.05) is 0 Å². The highest BCUT2D eigenvalue weighted by atomic mass is 19.1. The van der Waals surface area contributed by atoms with Gasteiger partial charge in [0.2, 0.25) is 0 Å². The van der Waals surface area contributed by atoms with Crippen molar-refractivity contribution in [3.05, 3.63) is 71.0 Å². The van der Waals surface area contributed by atoms with E-state index < -0.39 is 17.5 Å². The molecule has 0 bridgehead atoms. The van der Waals surface area contributed by atoms with Crippen LogP contribution in [0.5, 0.6) is 0 Å². The van der Waals surface area contributed by atoms with Gasteiger partial charge in [-0.05, 0) is 29.8 Å². The molecule has 0 unspecified atom stereocenters. The summed E-state index contributed by atoms with van der Waals surface area (Å²) in [5.74, 6) is -1.87. The molecular formula is C14H9F3NO. The standard InChI is InChI=1S/C14H9F3NO/c15-12-5-10(6-13(16)7-12)9-19-18-8-11-3-1-2-4-14(11)17/h1-7H,9H2. The summed E-state index contributed by atoms with van der Waals surface area (Å²) >= 11 is 0. The van der Waals surface area contributed by atoms with Crippen LogP contribution in [-0.4, -0.2) is 6.21 Å². The lowest BCUT2D eigenvalue weighted by molar-refractivity contribution is 0.131. The van der Waals surface area contributed by atoms with Crippen molar-refractivity contribution in [2.75, 3.05) is 0 Å². The van der Waals surface area contributed by atoms with Gasteiger partial charge in [-0.3, -0.25) is 0 Å². The molecule has 0 spiro atoms. The van der Waals surface area contributed by atoms with Gasteiger partial charge in [0.15, 0.2) is 0 Å². The maximum absolute atomic E-state index is 13.2. The first-order valence-corrected chi connectivity index (χ1v) is 5.42. The molecule has 0 aliphatic carbocycles. The Hall–Kier alpha value is -2.30. The van der Waals surface area contributed by atoms with Crippen LogP contribution in [-0.2, 0) is 11.4 Å². The molecule has 0 saturated carbocycles. The normalized spacial score (nSPS) is 10.9. The van der Waals surface area contributed by atoms with Gasteiger partial charge >= 0.3 is 0 Å². The Kier molecular flexibility index (Phi) is 4.18. The summed E-state index contributed by atoms with van der Waals surface area (Å²) < 4.78 is 38.9. The van der Waals surface area contributed by atoms with Gasteiger partial charge in [-0.15, -0.1) is 0 Å². The second-order valence-electron chi connectivity index (χ2n) is 3.73. The van der Waals surface area contributed by atoms with Gasteiger partial charge in [-0.1, -0.05) is 17.3 Å². The van der Waals surface area contributed by atoms with Crippen molar-refractivity contribution in [1.29, 1.82) is 0 Å². The topological polar surface area (TPSA) is 21.6 Å². The van der Waals surface area contributed by atoms with Crippen molar-refractivity contribution in [1.82, 2.24) is 0 Å². The molecule has 2 aromatic carbocycles. The van der Waals surface area contributed by atoms with Gasteiger partial charge < -0.3 is 4.84 Å². The summed E-state index contributed by atoms with van der Waals surface area (Å²) in [4.78, 5) is 4.80. The van der Waals surface area contributed by atoms with Crippen LogP contribution in [0.4, 0.5) is 13.2 Å². The van der Waals surface area contributed by atoms with Crippen LogP contribution in [0.1, 0.15) is 11.1 Å². The fraction of sp³-hybridized carbons (Fsp3) is 0.0714. The van der Waals surface area contributed by atoms with Gasteiger partial charge in [0.1, 0.15) is 30.3 Å². The number of nitrogens with zero attached hydrogens (tertiary/aromatic N) is 1. The van der Waals surface area contributed by atoms with E-state index >= 15 is 0 Å². The van der Waals surface area contributed by atoms with Crippen LogP contribution in [0.2, 0.25) is 0 Å². The average molecular weight is 264 g/mol. The lowest BCUT2D eigenvalue weighted by Crippen LogP contribution is -1.92. The van der Waals surface area contributed by atoms with Gasteiger partial charge in [-0.25, -0.2) is 13.2 Å². The van der Waals surface area contributed by atoms with Crippen LogP contribution in [0, 0.1) is 17.5 Å². The zero-order valence-corrected chi connectivity index (χ0v) is 9.74. The SMILES string of the molecule is Fc1cc(F)cc(CO/N=[C]\c2ccccc2F)c1. The fourth-order valence-corrected chi connectivity index (χ4v) is 1.43. The molecule has 1 radical (unpaired) electrons. The molecule has 5 heteroatoms. The highest BCUT2D eigenvalue weighted by Gasteiger charge is 2.01. The van der Waals surface area contributed by atoms with Crippen molar-refractivity contribution >= 4 is 6.21 Å². The predicted octanol–water partition coefficient (Wildman–Crippen LogP) is 3.53. The molecule has 0 aliphatic heterocycles. The predicted molar refractivity (Wildman–Crippen MR) is 64.1 cm³/mol. The molecule has 0 atom stereocenters. The van der Waals surface area contributed by atoms with Gasteiger partial charge in [-0.2, -0.15) is 0 Å². The van der Waals surface area contributed by atoms with E-state index in [9.17, 15) is 13.2 Å². The molecule has 0 saturated heterocycles. The highest BCUT2D eigenvalue weighted by Crippen LogP contribution is 2.09. The first-order chi connectivity index (χ1) is 9.15. The van der Waals surface area contributed by atoms with Gasteiger partial charge in [0.25, 0.3) is 0 Å². The Morgan fingerprint density at radius 1 is 1.00 bits per heavy atom. The molecule has 0 aromatic heterocycles. The second kappa shape index (κ2) is 6.04. The van der Waals surface area contributed by atoms with Crippen LogP contribution >= 0.6 is 0 Å². The zero-order chi connectivity index (χ0) is 13.7. The van der Waals surface area contributed by atoms with E-state index in [0.29, 0.717) is 0 Å². The Morgan fingerprint density at radius 3 is 2.37 bits per heavy atom. The minimum atomic E-state index is -0.694. The summed E-state index contributed by atoms with van der Waals surface area (Å²) in [6.45, 7) is -0.129. The lowest BCUT2D eigenvalue weighted by Gasteiger charge is -2.00. The maximum Gasteiger partial charge on any atom is 0.142 e. The number of hydrogen-bond donors (Lipinski definition) is 0. The number of rotatable bonds is 4. The fourth-order valence-electron chi connectivity index (χ4n) is 1.43. The zero-order valence-electron chi connectivity index (χ0n) is 9.74. The van der Waals surface area contributed by atoms with E-state index in [1.54, 1.807) is 6.07 Å². The van der Waals surface area contributed by atoms with Gasteiger partial charge in [0, 0.05) is 11.6 Å². The van der Waals surface area contributed by atoms with Crippen molar-refractivity contribution in [2.24, 2.45) is 5.16 Å². The summed E-state index contributed by atoms with van der Waals surface area (Å²) in [6.07, 6.45) is 2.35. The molecule has 2 aromatic rings. The third-order valence-corrected chi connectivity index (χ3v) is 2.26. The highest BCUT2D eigenvalue weighted by molar-refractivity contribution is 5.79. The smallest absolute Gasteiger partial charge is 0.142 e. The number of benzene rings is 2. The lowest BCUT2D eigenvalue weighted by atomic mass is 10.2. The first-order valence-electron chi connectivity index (χ1n) is 5.42. The quantitative estimate of drug-likeness (QED) is 0.611. The summed E-state index contributed by atoms with van der Waals surface area (Å²) in [6, 6.07) is 8.92. The average Bonchev–Trinajstić information content (AvgIpc) is 2.35. The molecular weight excluding hydrogens is 255 g/mol. The Bertz CT molecular complexity index is 579. The van der Waals surface area contributed by atoms with Gasteiger partial charge in [0.05, 0.1) is 0 Å². The molecule has 0 fully saturated rings. The van der Waals surface area contributed by atoms with Crippen molar-refractivity contribution in [2.45, 2.75) is 6.61 Å². The van der Waals surface area contributed by atoms with Crippen LogP contribution in [0.25, 0.3) is 0 Å². The second-order valence-corrected chi connectivity index (χ2v) is 3.73. The molecule has 0 N–H and O–H groups in total. The summed E-state index contributed by atoms with van der Waals surface area (Å²) in [7, 11) is 0. The summed E-state index contributed by atoms with van der Waals surface area (Å²) in [5.41, 5.74) is 0.435. The molecule has 19 heavy (non-hydrogen) atoms. The van der Waals surface area contributed by atoms with E-state index in [0.717, 1.165) is 18.2 Å². The first kappa shape index (κ1) is 13.1. The molecule has 0 aliphatic rings. The Morgan fingerprint density at radius 2 is 1.68 bits per heavy atom. The largest absolute Gasteiger partial charge is 0.390 e. The molecule has 0 amide bonds. The van der Waals surface area contributed by atoms with Crippen LogP contribution in [0.15, 0.2) is 47.6 Å². The maximum atomic E-state index is 13.2. The van der Waals surface area contributed by atoms with Crippen LogP contribution in [0.3, 0.4) is 0 Å². The molecule has 97 valence electrons. The number of hydrogen-bond acceptors (Lipinski definition) is 2. The van der Waals surface area contributed by atoms with Crippen molar-refractivity contribution < 1.29 is 18.0 Å². The molecule has 0 heterocycles. The van der Waals surface area contributed by atoms with Crippen molar-refractivity contribution in [3.8, 4) is 0 Å². The molecule has 2 rings (SSSR count).